The lowest BCUT2D eigenvalue weighted by Gasteiger charge is -2.48. The van der Waals surface area contributed by atoms with Gasteiger partial charge in [0.05, 0.1) is 5.92 Å². The van der Waals surface area contributed by atoms with Crippen molar-refractivity contribution in [3.05, 3.63) is 71.4 Å². The molecule has 4 fully saturated rings. The van der Waals surface area contributed by atoms with E-state index in [-0.39, 0.29) is 36.1 Å². The Balaban J connectivity index is 1.08. The van der Waals surface area contributed by atoms with Gasteiger partial charge in [0.15, 0.2) is 0 Å². The van der Waals surface area contributed by atoms with Crippen LogP contribution in [0.2, 0.25) is 0 Å². The molecule has 3 unspecified atom stereocenters. The SMILES string of the molecule is CN1C[C@H](C(=O)N[C@]2(C)O[C@@]3(O)C4CCCN4C(=O)[C@H](Cc4ccccc4)N3C2=O)CC2c3cccc4[nH]cc(c34)CC21. The van der Waals surface area contributed by atoms with Gasteiger partial charge >= 0.3 is 0 Å². The van der Waals surface area contributed by atoms with Crippen molar-refractivity contribution in [3.8, 4) is 0 Å². The van der Waals surface area contributed by atoms with E-state index in [9.17, 15) is 19.5 Å². The summed E-state index contributed by atoms with van der Waals surface area (Å²) in [5.74, 6) is -3.31. The van der Waals surface area contributed by atoms with E-state index >= 15 is 0 Å². The van der Waals surface area contributed by atoms with Crippen LogP contribution >= 0.6 is 0 Å². The fourth-order valence-electron chi connectivity index (χ4n) is 8.65. The lowest BCUT2D eigenvalue weighted by Crippen LogP contribution is -2.71. The zero-order valence-electron chi connectivity index (χ0n) is 24.5. The number of rotatable bonds is 4. The Morgan fingerprint density at radius 2 is 1.98 bits per heavy atom. The molecule has 10 heteroatoms. The fourth-order valence-corrected chi connectivity index (χ4v) is 8.65. The smallest absolute Gasteiger partial charge is 0.280 e. The fraction of sp³-hybridized carbons (Fsp3) is 0.485. The second-order valence-electron chi connectivity index (χ2n) is 13.2. The van der Waals surface area contributed by atoms with E-state index in [4.69, 9.17) is 4.74 Å². The Morgan fingerprint density at radius 3 is 2.79 bits per heavy atom. The highest BCUT2D eigenvalue weighted by atomic mass is 16.7. The van der Waals surface area contributed by atoms with Crippen molar-refractivity contribution in [1.82, 2.24) is 25.0 Å². The standard InChI is InChI=1S/C33H37N5O5/c1-32(35-29(39)21-15-23-22-10-6-11-24-28(22)20(17-34-24)16-25(23)36(2)18-21)31(41)38-26(14-19-8-4-3-5-9-19)30(40)37-13-7-12-27(37)33(38,42)43-32/h3-6,8-11,17,21,23,25-27,34,42H,7,12-16,18H2,1-2H3,(H,35,39)/t21-,23?,25?,26+,27?,32-,33+/m1/s1. The van der Waals surface area contributed by atoms with Gasteiger partial charge in [-0.1, -0.05) is 42.5 Å². The summed E-state index contributed by atoms with van der Waals surface area (Å²) in [5.41, 5.74) is 2.74. The minimum Gasteiger partial charge on any atom is -0.361 e. The van der Waals surface area contributed by atoms with Gasteiger partial charge in [0.1, 0.15) is 12.1 Å². The number of ether oxygens (including phenoxy) is 1. The number of piperidine rings is 1. The highest BCUT2D eigenvalue weighted by Crippen LogP contribution is 2.47. The summed E-state index contributed by atoms with van der Waals surface area (Å²) in [5, 5.41) is 16.2. The summed E-state index contributed by atoms with van der Waals surface area (Å²) in [6, 6.07) is 14.4. The van der Waals surface area contributed by atoms with Crippen molar-refractivity contribution >= 4 is 28.6 Å². The van der Waals surface area contributed by atoms with Crippen LogP contribution in [-0.4, -0.2) is 92.4 Å². The van der Waals surface area contributed by atoms with Crippen molar-refractivity contribution < 1.29 is 24.2 Å². The van der Waals surface area contributed by atoms with Gasteiger partial charge in [-0.2, -0.15) is 0 Å². The third-order valence-electron chi connectivity index (χ3n) is 10.6. The number of likely N-dealkylation sites (tertiary alicyclic amines) is 1. The Morgan fingerprint density at radius 1 is 1.16 bits per heavy atom. The maximum atomic E-state index is 14.2. The first kappa shape index (κ1) is 26.9. The molecule has 0 spiro atoms. The molecule has 0 bridgehead atoms. The maximum Gasteiger partial charge on any atom is 0.280 e. The van der Waals surface area contributed by atoms with Crippen LogP contribution in [-0.2, 0) is 32.0 Å². The molecular weight excluding hydrogens is 546 g/mol. The minimum atomic E-state index is -2.03. The molecule has 224 valence electrons. The number of likely N-dealkylation sites (N-methyl/N-ethyl adjacent to an activating group) is 1. The lowest BCUT2D eigenvalue weighted by atomic mass is 9.72. The van der Waals surface area contributed by atoms with E-state index in [0.717, 1.165) is 17.5 Å². The highest BCUT2D eigenvalue weighted by Gasteiger charge is 2.70. The van der Waals surface area contributed by atoms with Crippen LogP contribution in [0.1, 0.15) is 48.8 Å². The average molecular weight is 584 g/mol. The number of aromatic amines is 1. The number of aromatic nitrogens is 1. The predicted molar refractivity (Wildman–Crippen MR) is 157 cm³/mol. The van der Waals surface area contributed by atoms with E-state index in [1.807, 2.05) is 30.3 Å². The van der Waals surface area contributed by atoms with E-state index in [1.54, 1.807) is 4.90 Å². The number of hydrogen-bond acceptors (Lipinski definition) is 6. The van der Waals surface area contributed by atoms with Gasteiger partial charge in [0.25, 0.3) is 11.8 Å². The molecule has 4 aliphatic heterocycles. The molecule has 3 amide bonds. The van der Waals surface area contributed by atoms with E-state index in [0.29, 0.717) is 32.4 Å². The van der Waals surface area contributed by atoms with Crippen LogP contribution in [0.4, 0.5) is 0 Å². The van der Waals surface area contributed by atoms with Gasteiger partial charge in [0, 0.05) is 48.6 Å². The Hall–Kier alpha value is -3.73. The molecule has 7 atom stereocenters. The van der Waals surface area contributed by atoms with Crippen molar-refractivity contribution in [2.45, 2.75) is 74.7 Å². The van der Waals surface area contributed by atoms with Crippen molar-refractivity contribution in [2.75, 3.05) is 20.1 Å². The monoisotopic (exact) mass is 583 g/mol. The molecule has 3 aromatic rings. The first-order chi connectivity index (χ1) is 20.7. The molecule has 8 rings (SSSR count). The first-order valence-electron chi connectivity index (χ1n) is 15.4. The third kappa shape index (κ3) is 3.86. The number of carbonyl (C=O) groups is 3. The molecule has 0 saturated carbocycles. The Labute approximate surface area is 250 Å². The van der Waals surface area contributed by atoms with Gasteiger partial charge < -0.3 is 25.2 Å². The Kier molecular flexibility index (Phi) is 5.86. The number of fused-ring (bicyclic) bond motifs is 5. The minimum absolute atomic E-state index is 0.171. The van der Waals surface area contributed by atoms with Crippen LogP contribution in [0.5, 0.6) is 0 Å². The molecule has 2 aromatic carbocycles. The molecule has 1 aromatic heterocycles. The van der Waals surface area contributed by atoms with E-state index in [2.05, 4.69) is 46.6 Å². The Bertz CT molecular complexity index is 1640. The van der Waals surface area contributed by atoms with Gasteiger partial charge in [-0.15, -0.1) is 0 Å². The number of hydrogen-bond donors (Lipinski definition) is 3. The van der Waals surface area contributed by atoms with Gasteiger partial charge in [-0.3, -0.25) is 24.0 Å². The number of nitrogens with one attached hydrogen (secondary N) is 2. The number of amides is 3. The van der Waals surface area contributed by atoms with Gasteiger partial charge in [-0.25, -0.2) is 0 Å². The molecule has 5 heterocycles. The summed E-state index contributed by atoms with van der Waals surface area (Å²) in [6.07, 6.45) is 5.13. The molecule has 1 aliphatic carbocycles. The normalized spacial score (nSPS) is 35.2. The summed E-state index contributed by atoms with van der Waals surface area (Å²) in [4.78, 5) is 50.4. The van der Waals surface area contributed by atoms with Crippen LogP contribution in [0.25, 0.3) is 10.9 Å². The molecule has 43 heavy (non-hydrogen) atoms. The molecule has 10 nitrogen and oxygen atoms in total. The van der Waals surface area contributed by atoms with E-state index in [1.165, 1.54) is 28.3 Å². The number of piperazine rings is 1. The second kappa shape index (κ2) is 9.38. The number of carbonyl (C=O) groups excluding carboxylic acids is 3. The van der Waals surface area contributed by atoms with Crippen molar-refractivity contribution in [1.29, 1.82) is 0 Å². The van der Waals surface area contributed by atoms with E-state index < -0.39 is 29.6 Å². The zero-order chi connectivity index (χ0) is 29.7. The quantitative estimate of drug-likeness (QED) is 0.433. The topological polar surface area (TPSA) is 118 Å². The van der Waals surface area contributed by atoms with Gasteiger partial charge in [0.2, 0.25) is 17.5 Å². The molecule has 3 N–H and O–H groups in total. The summed E-state index contributed by atoms with van der Waals surface area (Å²) in [7, 11) is 2.06. The van der Waals surface area contributed by atoms with Gasteiger partial charge in [-0.05, 0) is 62.4 Å². The average Bonchev–Trinajstić information content (AvgIpc) is 3.70. The third-order valence-corrected chi connectivity index (χ3v) is 10.6. The lowest BCUT2D eigenvalue weighted by molar-refractivity contribution is -0.315. The summed E-state index contributed by atoms with van der Waals surface area (Å²) >= 11 is 0. The first-order valence-corrected chi connectivity index (χ1v) is 15.4. The maximum absolute atomic E-state index is 14.2. The molecule has 0 radical (unpaired) electrons. The number of benzene rings is 2. The second-order valence-corrected chi connectivity index (χ2v) is 13.2. The van der Waals surface area contributed by atoms with Crippen LogP contribution < -0.4 is 5.32 Å². The largest absolute Gasteiger partial charge is 0.361 e. The number of aliphatic hydroxyl groups is 1. The van der Waals surface area contributed by atoms with Crippen molar-refractivity contribution in [2.24, 2.45) is 5.92 Å². The highest BCUT2D eigenvalue weighted by molar-refractivity contribution is 5.97. The number of nitrogens with zero attached hydrogens (tertiary/aromatic N) is 3. The molecule has 5 aliphatic rings. The summed E-state index contributed by atoms with van der Waals surface area (Å²) in [6.45, 7) is 2.56. The predicted octanol–water partition coefficient (Wildman–Crippen LogP) is 2.08. The summed E-state index contributed by atoms with van der Waals surface area (Å²) < 4.78 is 6.25. The van der Waals surface area contributed by atoms with Crippen LogP contribution in [0.3, 0.4) is 0 Å². The van der Waals surface area contributed by atoms with Crippen LogP contribution in [0.15, 0.2) is 54.7 Å². The van der Waals surface area contributed by atoms with Crippen LogP contribution in [0, 0.1) is 5.92 Å². The zero-order valence-corrected chi connectivity index (χ0v) is 24.5. The van der Waals surface area contributed by atoms with Crippen molar-refractivity contribution in [3.63, 3.8) is 0 Å². The molecular formula is C33H37N5O5. The molecule has 4 saturated heterocycles. The number of H-pyrrole nitrogens is 1.